The SMILES string of the molecule is O=C(CC(Sc1nc2ccccc2s1)C(=O)NN1CCOCC1)NN1CCOCC1. The fourth-order valence-corrected chi connectivity index (χ4v) is 5.48. The average Bonchev–Trinajstić information content (AvgIpc) is 3.17. The highest BCUT2D eigenvalue weighted by atomic mass is 32.2. The number of nitrogens with one attached hydrogen (secondary N) is 2. The summed E-state index contributed by atoms with van der Waals surface area (Å²) in [4.78, 5) is 30.3. The van der Waals surface area contributed by atoms with Crippen molar-refractivity contribution >= 4 is 45.1 Å². The molecule has 9 nitrogen and oxygen atoms in total. The summed E-state index contributed by atoms with van der Waals surface area (Å²) in [5.74, 6) is -0.383. The molecule has 0 spiro atoms. The van der Waals surface area contributed by atoms with E-state index in [4.69, 9.17) is 9.47 Å². The molecular weight excluding hydrogens is 426 g/mol. The maximum Gasteiger partial charge on any atom is 0.248 e. The van der Waals surface area contributed by atoms with Gasteiger partial charge in [0.1, 0.15) is 5.25 Å². The van der Waals surface area contributed by atoms with Crippen molar-refractivity contribution in [3.8, 4) is 0 Å². The molecule has 0 radical (unpaired) electrons. The maximum absolute atomic E-state index is 13.0. The first-order chi connectivity index (χ1) is 14.7. The lowest BCUT2D eigenvalue weighted by molar-refractivity contribution is -0.133. The van der Waals surface area contributed by atoms with E-state index in [0.717, 1.165) is 14.6 Å². The molecule has 2 N–H and O–H groups in total. The summed E-state index contributed by atoms with van der Waals surface area (Å²) in [6, 6.07) is 7.86. The zero-order valence-corrected chi connectivity index (χ0v) is 18.2. The molecule has 11 heteroatoms. The van der Waals surface area contributed by atoms with Crippen LogP contribution >= 0.6 is 23.1 Å². The van der Waals surface area contributed by atoms with E-state index in [1.165, 1.54) is 23.1 Å². The normalized spacial score (nSPS) is 19.5. The number of fused-ring (bicyclic) bond motifs is 1. The van der Waals surface area contributed by atoms with Crippen LogP contribution in [-0.2, 0) is 19.1 Å². The molecule has 0 bridgehead atoms. The molecule has 2 aliphatic heterocycles. The second kappa shape index (κ2) is 10.5. The zero-order chi connectivity index (χ0) is 20.8. The summed E-state index contributed by atoms with van der Waals surface area (Å²) >= 11 is 2.87. The Kier molecular flexibility index (Phi) is 7.52. The molecule has 0 aliphatic carbocycles. The molecule has 1 unspecified atom stereocenters. The van der Waals surface area contributed by atoms with Crippen LogP contribution in [0.1, 0.15) is 6.42 Å². The quantitative estimate of drug-likeness (QED) is 0.599. The first-order valence-corrected chi connectivity index (χ1v) is 11.6. The third kappa shape index (κ3) is 5.90. The number of aromatic nitrogens is 1. The van der Waals surface area contributed by atoms with Crippen LogP contribution in [0.25, 0.3) is 10.2 Å². The summed E-state index contributed by atoms with van der Waals surface area (Å²) in [7, 11) is 0. The van der Waals surface area contributed by atoms with Crippen molar-refractivity contribution in [3.05, 3.63) is 24.3 Å². The van der Waals surface area contributed by atoms with Gasteiger partial charge in [-0.3, -0.25) is 20.4 Å². The largest absolute Gasteiger partial charge is 0.379 e. The number of hydrogen-bond donors (Lipinski definition) is 2. The number of thiazole rings is 1. The molecule has 0 saturated carbocycles. The molecule has 1 aromatic heterocycles. The highest BCUT2D eigenvalue weighted by Crippen LogP contribution is 2.33. The molecule has 2 fully saturated rings. The Morgan fingerprint density at radius 1 is 1.03 bits per heavy atom. The van der Waals surface area contributed by atoms with Crippen LogP contribution in [0.4, 0.5) is 0 Å². The minimum absolute atomic E-state index is 0.0636. The van der Waals surface area contributed by atoms with Gasteiger partial charge in [0.2, 0.25) is 11.8 Å². The Bertz CT molecular complexity index is 834. The number of amides is 2. The number of ether oxygens (including phenoxy) is 2. The van der Waals surface area contributed by atoms with E-state index >= 15 is 0 Å². The smallest absolute Gasteiger partial charge is 0.248 e. The number of benzene rings is 1. The number of para-hydroxylation sites is 1. The Hall–Kier alpha value is -1.76. The lowest BCUT2D eigenvalue weighted by Gasteiger charge is -2.29. The van der Waals surface area contributed by atoms with Gasteiger partial charge in [0.15, 0.2) is 4.34 Å². The highest BCUT2D eigenvalue weighted by molar-refractivity contribution is 8.02. The fraction of sp³-hybridized carbons (Fsp3) is 0.526. The van der Waals surface area contributed by atoms with Crippen LogP contribution in [0, 0.1) is 0 Å². The molecule has 2 aliphatic rings. The Morgan fingerprint density at radius 2 is 1.67 bits per heavy atom. The molecule has 4 rings (SSSR count). The summed E-state index contributed by atoms with van der Waals surface area (Å²) in [6.07, 6.45) is 0.0636. The van der Waals surface area contributed by atoms with Crippen molar-refractivity contribution in [2.75, 3.05) is 52.6 Å². The number of rotatable bonds is 7. The fourth-order valence-electron chi connectivity index (χ4n) is 3.18. The number of carbonyl (C=O) groups excluding carboxylic acids is 2. The van der Waals surface area contributed by atoms with Crippen molar-refractivity contribution in [2.24, 2.45) is 0 Å². The second-order valence-electron chi connectivity index (χ2n) is 6.97. The molecule has 1 aromatic carbocycles. The average molecular weight is 452 g/mol. The van der Waals surface area contributed by atoms with Gasteiger partial charge in [0.05, 0.1) is 36.6 Å². The van der Waals surface area contributed by atoms with Crippen LogP contribution in [0.3, 0.4) is 0 Å². The summed E-state index contributed by atoms with van der Waals surface area (Å²) in [6.45, 7) is 4.86. The van der Waals surface area contributed by atoms with Gasteiger partial charge in [-0.1, -0.05) is 23.9 Å². The predicted octanol–water partition coefficient (Wildman–Crippen LogP) is 0.874. The monoisotopic (exact) mass is 451 g/mol. The van der Waals surface area contributed by atoms with Crippen molar-refractivity contribution < 1.29 is 19.1 Å². The van der Waals surface area contributed by atoms with Gasteiger partial charge in [-0.2, -0.15) is 0 Å². The molecular formula is C19H25N5O4S2. The molecule has 162 valence electrons. The summed E-state index contributed by atoms with van der Waals surface area (Å²) in [5, 5.41) is 3.09. The zero-order valence-electron chi connectivity index (χ0n) is 16.5. The van der Waals surface area contributed by atoms with Crippen molar-refractivity contribution in [3.63, 3.8) is 0 Å². The molecule has 1 atom stereocenters. The van der Waals surface area contributed by atoms with E-state index in [1.807, 2.05) is 34.3 Å². The van der Waals surface area contributed by atoms with Crippen molar-refractivity contribution in [2.45, 2.75) is 16.0 Å². The number of thioether (sulfide) groups is 1. The van der Waals surface area contributed by atoms with Gasteiger partial charge in [-0.15, -0.1) is 11.3 Å². The molecule has 30 heavy (non-hydrogen) atoms. The van der Waals surface area contributed by atoms with Crippen molar-refractivity contribution in [1.82, 2.24) is 25.9 Å². The highest BCUT2D eigenvalue weighted by Gasteiger charge is 2.27. The van der Waals surface area contributed by atoms with E-state index in [1.54, 1.807) is 0 Å². The lowest BCUT2D eigenvalue weighted by Crippen LogP contribution is -2.52. The number of carbonyl (C=O) groups is 2. The van der Waals surface area contributed by atoms with Gasteiger partial charge in [0.25, 0.3) is 0 Å². The molecule has 2 saturated heterocycles. The van der Waals surface area contributed by atoms with Gasteiger partial charge >= 0.3 is 0 Å². The minimum Gasteiger partial charge on any atom is -0.379 e. The Balaban J connectivity index is 1.43. The van der Waals surface area contributed by atoms with Crippen LogP contribution in [0.15, 0.2) is 28.6 Å². The lowest BCUT2D eigenvalue weighted by atomic mass is 10.3. The standard InChI is InChI=1S/C19H25N5O4S2/c25-17(21-23-5-9-27-10-6-23)13-16(18(26)22-24-7-11-28-12-8-24)30-19-20-14-3-1-2-4-15(14)29-19/h1-4,16H,5-13H2,(H,21,25)(H,22,26). The number of hydrogen-bond acceptors (Lipinski definition) is 9. The van der Waals surface area contributed by atoms with Crippen LogP contribution in [-0.4, -0.2) is 84.7 Å². The second-order valence-corrected chi connectivity index (χ2v) is 9.45. The number of nitrogens with zero attached hydrogens (tertiary/aromatic N) is 3. The van der Waals surface area contributed by atoms with E-state index in [2.05, 4.69) is 15.8 Å². The van der Waals surface area contributed by atoms with Gasteiger partial charge in [-0.25, -0.2) is 15.0 Å². The topological polar surface area (TPSA) is 96.0 Å². The van der Waals surface area contributed by atoms with E-state index in [-0.39, 0.29) is 18.2 Å². The van der Waals surface area contributed by atoms with Crippen molar-refractivity contribution in [1.29, 1.82) is 0 Å². The third-order valence-corrected chi connectivity index (χ3v) is 7.08. The summed E-state index contributed by atoms with van der Waals surface area (Å²) < 4.78 is 12.5. The number of hydrazine groups is 2. The van der Waals surface area contributed by atoms with Gasteiger partial charge in [0, 0.05) is 32.6 Å². The van der Waals surface area contributed by atoms with Crippen LogP contribution in [0.5, 0.6) is 0 Å². The molecule has 2 amide bonds. The first-order valence-electron chi connectivity index (χ1n) is 9.95. The predicted molar refractivity (Wildman–Crippen MR) is 115 cm³/mol. The number of morpholine rings is 2. The molecule has 2 aromatic rings. The Morgan fingerprint density at radius 3 is 2.33 bits per heavy atom. The van der Waals surface area contributed by atoms with E-state index in [9.17, 15) is 9.59 Å². The van der Waals surface area contributed by atoms with Gasteiger partial charge in [-0.05, 0) is 12.1 Å². The van der Waals surface area contributed by atoms with Gasteiger partial charge < -0.3 is 9.47 Å². The molecule has 3 heterocycles. The van der Waals surface area contributed by atoms with Crippen LogP contribution < -0.4 is 10.9 Å². The maximum atomic E-state index is 13.0. The van der Waals surface area contributed by atoms with E-state index < -0.39 is 5.25 Å². The first kappa shape index (κ1) is 21.5. The third-order valence-electron chi connectivity index (χ3n) is 4.75. The minimum atomic E-state index is -0.588. The van der Waals surface area contributed by atoms with Crippen LogP contribution in [0.2, 0.25) is 0 Å². The Labute approximate surface area is 183 Å². The summed E-state index contributed by atoms with van der Waals surface area (Å²) in [5.41, 5.74) is 6.73. The van der Waals surface area contributed by atoms with E-state index in [0.29, 0.717) is 52.6 Å².